The molecule has 1 heterocycles. The summed E-state index contributed by atoms with van der Waals surface area (Å²) in [4.78, 5) is 12.3. The molecular weight excluding hydrogens is 469 g/mol. The van der Waals surface area contributed by atoms with Crippen LogP contribution in [0.3, 0.4) is 0 Å². The second kappa shape index (κ2) is 8.48. The lowest BCUT2D eigenvalue weighted by molar-refractivity contribution is -0.137. The molecule has 32 heavy (non-hydrogen) atoms. The number of anilines is 1. The number of hydrogen-bond donors (Lipinski definition) is 1. The molecule has 4 rings (SSSR count). The van der Waals surface area contributed by atoms with Crippen LogP contribution in [0.5, 0.6) is 5.75 Å². The fourth-order valence-electron chi connectivity index (χ4n) is 3.22. The van der Waals surface area contributed by atoms with Gasteiger partial charge < -0.3 is 10.1 Å². The Labute approximate surface area is 190 Å². The Balaban J connectivity index is 1.60. The zero-order chi connectivity index (χ0) is 23.0. The number of amides is 1. The van der Waals surface area contributed by atoms with Crippen LogP contribution >= 0.6 is 23.2 Å². The van der Waals surface area contributed by atoms with Gasteiger partial charge in [0.15, 0.2) is 5.75 Å². The van der Waals surface area contributed by atoms with Crippen LogP contribution in [0.2, 0.25) is 10.0 Å². The Morgan fingerprint density at radius 2 is 1.62 bits per heavy atom. The topological polar surface area (TPSA) is 38.3 Å². The van der Waals surface area contributed by atoms with Crippen molar-refractivity contribution in [1.82, 2.24) is 0 Å². The van der Waals surface area contributed by atoms with Crippen LogP contribution in [0, 0.1) is 5.82 Å². The minimum atomic E-state index is -4.52. The molecule has 0 saturated carbocycles. The van der Waals surface area contributed by atoms with Gasteiger partial charge in [-0.3, -0.25) is 4.79 Å². The van der Waals surface area contributed by atoms with Crippen LogP contribution < -0.4 is 10.1 Å². The van der Waals surface area contributed by atoms with Crippen molar-refractivity contribution in [1.29, 1.82) is 0 Å². The molecule has 0 unspecified atom stereocenters. The van der Waals surface area contributed by atoms with Gasteiger partial charge >= 0.3 is 6.18 Å². The van der Waals surface area contributed by atoms with Crippen LogP contribution in [-0.4, -0.2) is 5.91 Å². The van der Waals surface area contributed by atoms with Gasteiger partial charge in [-0.1, -0.05) is 41.4 Å². The number of rotatable bonds is 4. The fraction of sp³-hybridized carbons (Fsp3) is 0.0870. The Kier molecular flexibility index (Phi) is 5.88. The van der Waals surface area contributed by atoms with E-state index in [-0.39, 0.29) is 39.5 Å². The smallest absolute Gasteiger partial charge is 0.416 e. The molecule has 0 fully saturated rings. The zero-order valence-electron chi connectivity index (χ0n) is 16.1. The number of carbonyl (C=O) groups is 1. The first-order valence-electron chi connectivity index (χ1n) is 9.23. The van der Waals surface area contributed by atoms with E-state index in [1.807, 2.05) is 0 Å². The van der Waals surface area contributed by atoms with Gasteiger partial charge in [0.05, 0.1) is 15.6 Å². The molecule has 164 valence electrons. The van der Waals surface area contributed by atoms with E-state index >= 15 is 0 Å². The van der Waals surface area contributed by atoms with Crippen LogP contribution in [0.15, 0.2) is 54.6 Å². The van der Waals surface area contributed by atoms with E-state index in [0.29, 0.717) is 16.7 Å². The molecule has 0 aromatic heterocycles. The van der Waals surface area contributed by atoms with E-state index in [9.17, 15) is 22.4 Å². The maximum Gasteiger partial charge on any atom is 0.416 e. The third kappa shape index (κ3) is 4.59. The van der Waals surface area contributed by atoms with Gasteiger partial charge in [0.1, 0.15) is 12.4 Å². The van der Waals surface area contributed by atoms with Gasteiger partial charge in [-0.2, -0.15) is 13.2 Å². The van der Waals surface area contributed by atoms with Gasteiger partial charge in [-0.15, -0.1) is 0 Å². The molecule has 9 heteroatoms. The Morgan fingerprint density at radius 3 is 2.25 bits per heavy atom. The van der Waals surface area contributed by atoms with E-state index in [2.05, 4.69) is 5.32 Å². The standard InChI is InChI=1S/C23H13Cl2F4NO2/c24-18-8-13(9-19(25)21(18)32-11-12-1-4-15(26)5-2-12)7-17-16-6-3-14(23(27,28)29)10-20(16)30-22(17)31/h1-10H,11H2,(H,30,31)/b17-7-. The quantitative estimate of drug-likeness (QED) is 0.315. The van der Waals surface area contributed by atoms with E-state index in [1.165, 1.54) is 36.4 Å². The summed E-state index contributed by atoms with van der Waals surface area (Å²) >= 11 is 12.6. The molecule has 3 nitrogen and oxygen atoms in total. The number of hydrogen-bond acceptors (Lipinski definition) is 2. The number of carbonyl (C=O) groups excluding carboxylic acids is 1. The SMILES string of the molecule is O=C1Nc2cc(C(F)(F)F)ccc2/C1=C/c1cc(Cl)c(OCc2ccc(F)cc2)c(Cl)c1. The molecular formula is C23H13Cl2F4NO2. The summed E-state index contributed by atoms with van der Waals surface area (Å²) in [6.45, 7) is 0.109. The Bertz CT molecular complexity index is 1210. The first kappa shape index (κ1) is 22.2. The highest BCUT2D eigenvalue weighted by Gasteiger charge is 2.33. The van der Waals surface area contributed by atoms with Crippen molar-refractivity contribution in [2.75, 3.05) is 5.32 Å². The molecule has 0 aliphatic carbocycles. The number of nitrogens with one attached hydrogen (secondary N) is 1. The van der Waals surface area contributed by atoms with Crippen molar-refractivity contribution in [3.63, 3.8) is 0 Å². The molecule has 3 aromatic rings. The highest BCUT2D eigenvalue weighted by atomic mass is 35.5. The van der Waals surface area contributed by atoms with Crippen molar-refractivity contribution in [2.24, 2.45) is 0 Å². The Hall–Kier alpha value is -3.03. The number of alkyl halides is 3. The number of benzene rings is 3. The van der Waals surface area contributed by atoms with Crippen molar-refractivity contribution in [2.45, 2.75) is 12.8 Å². The van der Waals surface area contributed by atoms with Gasteiger partial charge in [-0.25, -0.2) is 4.39 Å². The zero-order valence-corrected chi connectivity index (χ0v) is 17.6. The number of fused-ring (bicyclic) bond motifs is 1. The third-order valence-electron chi connectivity index (χ3n) is 4.76. The maximum atomic E-state index is 13.0. The summed E-state index contributed by atoms with van der Waals surface area (Å²) in [5.41, 5.74) is 0.918. The van der Waals surface area contributed by atoms with Gasteiger partial charge in [0.25, 0.3) is 5.91 Å². The molecule has 0 saturated heterocycles. The second-order valence-corrected chi connectivity index (χ2v) is 7.81. The van der Waals surface area contributed by atoms with E-state index in [1.54, 1.807) is 12.1 Å². The van der Waals surface area contributed by atoms with E-state index in [0.717, 1.165) is 12.1 Å². The van der Waals surface area contributed by atoms with Crippen molar-refractivity contribution in [3.05, 3.63) is 92.7 Å². The summed E-state index contributed by atoms with van der Waals surface area (Å²) in [5, 5.41) is 2.80. The van der Waals surface area contributed by atoms with Crippen molar-refractivity contribution in [3.8, 4) is 5.75 Å². The lowest BCUT2D eigenvalue weighted by Gasteiger charge is -2.11. The fourth-order valence-corrected chi connectivity index (χ4v) is 3.83. The number of ether oxygens (including phenoxy) is 1. The lowest BCUT2D eigenvalue weighted by atomic mass is 10.0. The van der Waals surface area contributed by atoms with Crippen molar-refractivity contribution < 1.29 is 27.1 Å². The molecule has 3 aromatic carbocycles. The van der Waals surface area contributed by atoms with E-state index < -0.39 is 17.6 Å². The number of halogens is 6. The predicted molar refractivity (Wildman–Crippen MR) is 115 cm³/mol. The van der Waals surface area contributed by atoms with Crippen molar-refractivity contribution >= 4 is 46.4 Å². The van der Waals surface area contributed by atoms with Gasteiger partial charge in [-0.05, 0) is 53.6 Å². The summed E-state index contributed by atoms with van der Waals surface area (Å²) in [6.07, 6.45) is -3.03. The van der Waals surface area contributed by atoms with Crippen LogP contribution in [0.1, 0.15) is 22.3 Å². The third-order valence-corrected chi connectivity index (χ3v) is 5.32. The normalized spacial score (nSPS) is 14.4. The largest absolute Gasteiger partial charge is 0.486 e. The van der Waals surface area contributed by atoms with Crippen LogP contribution in [0.25, 0.3) is 11.6 Å². The summed E-state index contributed by atoms with van der Waals surface area (Å²) in [6, 6.07) is 11.8. The molecule has 1 N–H and O–H groups in total. The van der Waals surface area contributed by atoms with E-state index in [4.69, 9.17) is 27.9 Å². The molecule has 0 radical (unpaired) electrons. The van der Waals surface area contributed by atoms with Crippen LogP contribution in [-0.2, 0) is 17.6 Å². The predicted octanol–water partition coefficient (Wildman–Crippen LogP) is 7.22. The van der Waals surface area contributed by atoms with Gasteiger partial charge in [0, 0.05) is 16.8 Å². The summed E-state index contributed by atoms with van der Waals surface area (Å²) < 4.78 is 57.4. The maximum absolute atomic E-state index is 13.0. The average molecular weight is 482 g/mol. The first-order valence-corrected chi connectivity index (χ1v) is 9.98. The molecule has 1 aliphatic heterocycles. The summed E-state index contributed by atoms with van der Waals surface area (Å²) in [7, 11) is 0. The minimum Gasteiger partial charge on any atom is -0.486 e. The molecule has 0 spiro atoms. The minimum absolute atomic E-state index is 0.0764. The Morgan fingerprint density at radius 1 is 0.969 bits per heavy atom. The molecule has 0 bridgehead atoms. The first-order chi connectivity index (χ1) is 15.1. The van der Waals surface area contributed by atoms with Gasteiger partial charge in [0.2, 0.25) is 0 Å². The second-order valence-electron chi connectivity index (χ2n) is 7.00. The molecule has 1 amide bonds. The molecule has 1 aliphatic rings. The molecule has 0 atom stereocenters. The van der Waals surface area contributed by atoms with Crippen LogP contribution in [0.4, 0.5) is 23.2 Å². The lowest BCUT2D eigenvalue weighted by Crippen LogP contribution is -2.06. The summed E-state index contributed by atoms with van der Waals surface area (Å²) in [5.74, 6) is -0.691. The monoisotopic (exact) mass is 481 g/mol. The average Bonchev–Trinajstić information content (AvgIpc) is 3.02. The highest BCUT2D eigenvalue weighted by molar-refractivity contribution is 6.38. The highest BCUT2D eigenvalue weighted by Crippen LogP contribution is 2.40.